The maximum absolute atomic E-state index is 5.64. The van der Waals surface area contributed by atoms with Crippen LogP contribution in [-0.2, 0) is 19.5 Å². The van der Waals surface area contributed by atoms with Gasteiger partial charge in [-0.2, -0.15) is 4.52 Å². The number of fused-ring (bicyclic) bond motifs is 2. The molecule has 1 saturated heterocycles. The average molecular weight is 503 g/mol. The molecule has 0 amide bonds. The second-order valence-corrected chi connectivity index (χ2v) is 9.92. The fourth-order valence-electron chi connectivity index (χ4n) is 5.51. The number of methoxy groups -OCH3 is 2. The number of benzene rings is 1. The normalized spacial score (nSPS) is 16.9. The Morgan fingerprint density at radius 1 is 0.946 bits per heavy atom. The lowest BCUT2D eigenvalue weighted by Crippen LogP contribution is -2.32. The van der Waals surface area contributed by atoms with Crippen LogP contribution in [0.4, 0.5) is 5.95 Å². The molecule has 0 radical (unpaired) electrons. The van der Waals surface area contributed by atoms with Gasteiger partial charge in [0.25, 0.3) is 0 Å². The van der Waals surface area contributed by atoms with Crippen LogP contribution in [0.25, 0.3) is 17.2 Å². The Hall–Kier alpha value is -3.59. The van der Waals surface area contributed by atoms with E-state index in [0.29, 0.717) is 11.6 Å². The van der Waals surface area contributed by atoms with E-state index in [1.165, 1.54) is 43.2 Å². The largest absolute Gasteiger partial charge is 0.493 e. The van der Waals surface area contributed by atoms with Gasteiger partial charge < -0.3 is 18.8 Å². The zero-order valence-corrected chi connectivity index (χ0v) is 21.7. The first-order valence-corrected chi connectivity index (χ1v) is 13.2. The van der Waals surface area contributed by atoms with Gasteiger partial charge in [0.1, 0.15) is 0 Å². The smallest absolute Gasteiger partial charge is 0.228 e. The Morgan fingerprint density at radius 2 is 1.70 bits per heavy atom. The summed E-state index contributed by atoms with van der Waals surface area (Å²) in [4.78, 5) is 14.7. The van der Waals surface area contributed by atoms with Crippen LogP contribution < -0.4 is 14.4 Å². The lowest BCUT2D eigenvalue weighted by Gasteiger charge is -2.30. The van der Waals surface area contributed by atoms with Gasteiger partial charge in [0.2, 0.25) is 11.8 Å². The fourth-order valence-corrected chi connectivity index (χ4v) is 5.51. The number of ether oxygens (including phenoxy) is 2. The van der Waals surface area contributed by atoms with Crippen LogP contribution in [0.15, 0.2) is 41.1 Å². The van der Waals surface area contributed by atoms with Crippen molar-refractivity contribution >= 4 is 11.6 Å². The van der Waals surface area contributed by atoms with Crippen molar-refractivity contribution in [3.05, 3.63) is 53.4 Å². The Morgan fingerprint density at radius 3 is 2.43 bits per heavy atom. The molecule has 3 aromatic heterocycles. The summed E-state index contributed by atoms with van der Waals surface area (Å²) in [6, 6.07) is 7.98. The highest BCUT2D eigenvalue weighted by Gasteiger charge is 2.24. The van der Waals surface area contributed by atoms with Crippen LogP contribution >= 0.6 is 0 Å². The van der Waals surface area contributed by atoms with Crippen molar-refractivity contribution in [3.63, 3.8) is 0 Å². The highest BCUT2D eigenvalue weighted by atomic mass is 16.5. The SMILES string of the molecule is COc1cc2c(cc1OC)CN(Cc1cnc(N3CCCCCCC3)n3nc(-c4ccco4)nc13)CC2. The first kappa shape index (κ1) is 23.8. The standard InChI is InChI=1S/C28H34N6O3/c1-35-24-15-20-10-13-32(18-21(20)16-25(24)36-2)19-22-17-29-28(33-11-6-4-3-5-7-12-33)34-27(22)30-26(31-34)23-9-8-14-37-23/h8-9,14-17H,3-7,10-13,18-19H2,1-2H3. The third-order valence-electron chi connectivity index (χ3n) is 7.49. The molecule has 0 spiro atoms. The van der Waals surface area contributed by atoms with Gasteiger partial charge in [-0.15, -0.1) is 5.10 Å². The van der Waals surface area contributed by atoms with E-state index in [-0.39, 0.29) is 0 Å². The van der Waals surface area contributed by atoms with Crippen molar-refractivity contribution in [3.8, 4) is 23.1 Å². The summed E-state index contributed by atoms with van der Waals surface area (Å²) < 4.78 is 18.6. The summed E-state index contributed by atoms with van der Waals surface area (Å²) in [5.41, 5.74) is 4.48. The number of furan rings is 1. The van der Waals surface area contributed by atoms with Gasteiger partial charge in [0.15, 0.2) is 22.9 Å². The molecule has 37 heavy (non-hydrogen) atoms. The molecule has 5 heterocycles. The van der Waals surface area contributed by atoms with E-state index in [0.717, 1.165) is 67.8 Å². The Balaban J connectivity index is 1.33. The summed E-state index contributed by atoms with van der Waals surface area (Å²) in [5.74, 6) is 3.68. The third kappa shape index (κ3) is 4.75. The zero-order chi connectivity index (χ0) is 25.2. The van der Waals surface area contributed by atoms with Gasteiger partial charge in [0.05, 0.1) is 20.5 Å². The first-order valence-electron chi connectivity index (χ1n) is 13.2. The number of nitrogens with zero attached hydrogens (tertiary/aromatic N) is 6. The molecule has 194 valence electrons. The van der Waals surface area contributed by atoms with Crippen LogP contribution in [0, 0.1) is 0 Å². The summed E-state index contributed by atoms with van der Waals surface area (Å²) in [7, 11) is 3.37. The van der Waals surface area contributed by atoms with Gasteiger partial charge in [-0.3, -0.25) is 4.90 Å². The summed E-state index contributed by atoms with van der Waals surface area (Å²) in [6.45, 7) is 4.49. The minimum absolute atomic E-state index is 0.591. The number of anilines is 1. The maximum Gasteiger partial charge on any atom is 0.228 e. The van der Waals surface area contributed by atoms with Crippen molar-refractivity contribution < 1.29 is 13.9 Å². The molecule has 1 fully saturated rings. The average Bonchev–Trinajstić information content (AvgIpc) is 3.59. The topological polar surface area (TPSA) is 81.2 Å². The monoisotopic (exact) mass is 502 g/mol. The molecule has 9 heteroatoms. The van der Waals surface area contributed by atoms with E-state index in [9.17, 15) is 0 Å². The fraction of sp³-hybridized carbons (Fsp3) is 0.464. The molecule has 0 bridgehead atoms. The van der Waals surface area contributed by atoms with Crippen LogP contribution in [0.2, 0.25) is 0 Å². The van der Waals surface area contributed by atoms with Gasteiger partial charge in [-0.05, 0) is 54.7 Å². The Bertz CT molecular complexity index is 1360. The van der Waals surface area contributed by atoms with E-state index in [4.69, 9.17) is 29.0 Å². The molecule has 6 rings (SSSR count). The zero-order valence-electron chi connectivity index (χ0n) is 21.7. The molecule has 0 N–H and O–H groups in total. The van der Waals surface area contributed by atoms with Crippen LogP contribution in [0.1, 0.15) is 48.8 Å². The molecule has 2 aliphatic heterocycles. The molecule has 4 aromatic rings. The highest BCUT2D eigenvalue weighted by molar-refractivity contribution is 5.58. The molecule has 9 nitrogen and oxygen atoms in total. The molecule has 0 unspecified atom stereocenters. The molecule has 0 saturated carbocycles. The van der Waals surface area contributed by atoms with E-state index in [1.807, 2.05) is 22.8 Å². The number of hydrogen-bond donors (Lipinski definition) is 0. The Labute approximate surface area is 217 Å². The lowest BCUT2D eigenvalue weighted by molar-refractivity contribution is 0.244. The van der Waals surface area contributed by atoms with E-state index in [1.54, 1.807) is 20.5 Å². The van der Waals surface area contributed by atoms with Crippen LogP contribution in [0.3, 0.4) is 0 Å². The molecule has 0 atom stereocenters. The number of hydrogen-bond acceptors (Lipinski definition) is 8. The Kier molecular flexibility index (Phi) is 6.70. The molecule has 2 aliphatic rings. The minimum Gasteiger partial charge on any atom is -0.493 e. The summed E-state index contributed by atoms with van der Waals surface area (Å²) >= 11 is 0. The minimum atomic E-state index is 0.591. The quantitative estimate of drug-likeness (QED) is 0.374. The van der Waals surface area contributed by atoms with Gasteiger partial charge in [-0.25, -0.2) is 9.97 Å². The predicted molar refractivity (Wildman–Crippen MR) is 141 cm³/mol. The first-order chi connectivity index (χ1) is 18.2. The summed E-state index contributed by atoms with van der Waals surface area (Å²) in [5, 5.41) is 4.87. The van der Waals surface area contributed by atoms with Crippen molar-refractivity contribution in [2.24, 2.45) is 0 Å². The van der Waals surface area contributed by atoms with Crippen molar-refractivity contribution in [1.82, 2.24) is 24.5 Å². The number of aromatic nitrogens is 4. The maximum atomic E-state index is 5.64. The van der Waals surface area contributed by atoms with Crippen molar-refractivity contribution in [1.29, 1.82) is 0 Å². The molecule has 1 aromatic carbocycles. The predicted octanol–water partition coefficient (Wildman–Crippen LogP) is 4.73. The summed E-state index contributed by atoms with van der Waals surface area (Å²) in [6.07, 6.45) is 10.8. The molecular formula is C28H34N6O3. The molecule has 0 aliphatic carbocycles. The van der Waals surface area contributed by atoms with E-state index < -0.39 is 0 Å². The third-order valence-corrected chi connectivity index (χ3v) is 7.49. The van der Waals surface area contributed by atoms with Crippen LogP contribution in [-0.4, -0.2) is 58.3 Å². The second kappa shape index (κ2) is 10.4. The van der Waals surface area contributed by atoms with E-state index in [2.05, 4.69) is 21.9 Å². The lowest BCUT2D eigenvalue weighted by atomic mass is 9.98. The molecular weight excluding hydrogens is 468 g/mol. The van der Waals surface area contributed by atoms with E-state index >= 15 is 0 Å². The van der Waals surface area contributed by atoms with Gasteiger partial charge >= 0.3 is 0 Å². The van der Waals surface area contributed by atoms with Crippen LogP contribution in [0.5, 0.6) is 11.5 Å². The highest BCUT2D eigenvalue weighted by Crippen LogP contribution is 2.34. The van der Waals surface area contributed by atoms with Crippen molar-refractivity contribution in [2.75, 3.05) is 38.8 Å². The van der Waals surface area contributed by atoms with Gasteiger partial charge in [0, 0.05) is 44.5 Å². The number of rotatable bonds is 6. The second-order valence-electron chi connectivity index (χ2n) is 9.92. The van der Waals surface area contributed by atoms with Gasteiger partial charge in [-0.1, -0.05) is 19.3 Å². The van der Waals surface area contributed by atoms with Crippen molar-refractivity contribution in [2.45, 2.75) is 51.6 Å².